The largest absolute Gasteiger partial charge is 0.462 e. The van der Waals surface area contributed by atoms with Crippen LogP contribution in [0.4, 0.5) is 10.5 Å². The third-order valence-electron chi connectivity index (χ3n) is 4.13. The third kappa shape index (κ3) is 7.58. The molecule has 7 nitrogen and oxygen atoms in total. The van der Waals surface area contributed by atoms with Crippen molar-refractivity contribution in [1.29, 1.82) is 0 Å². The average Bonchev–Trinajstić information content (AvgIpc) is 2.75. The zero-order valence-electron chi connectivity index (χ0n) is 17.3. The highest BCUT2D eigenvalue weighted by atomic mass is 16.6. The number of hydrogen-bond donors (Lipinski definition) is 1. The van der Waals surface area contributed by atoms with Gasteiger partial charge in [-0.05, 0) is 61.4 Å². The van der Waals surface area contributed by atoms with Crippen LogP contribution < -0.4 is 10.1 Å². The Labute approximate surface area is 176 Å². The zero-order valence-corrected chi connectivity index (χ0v) is 17.3. The van der Waals surface area contributed by atoms with Gasteiger partial charge in [0.1, 0.15) is 5.75 Å². The Kier molecular flexibility index (Phi) is 9.37. The first-order valence-corrected chi connectivity index (χ1v) is 10.1. The van der Waals surface area contributed by atoms with Crippen LogP contribution in [0.3, 0.4) is 0 Å². The summed E-state index contributed by atoms with van der Waals surface area (Å²) in [6.07, 6.45) is 2.84. The second-order valence-corrected chi connectivity index (χ2v) is 6.60. The molecule has 7 heteroatoms. The molecular formula is C23H27NO6. The van der Waals surface area contributed by atoms with Crippen molar-refractivity contribution in [3.8, 4) is 5.75 Å². The van der Waals surface area contributed by atoms with Crippen LogP contribution in [0.15, 0.2) is 48.5 Å². The van der Waals surface area contributed by atoms with E-state index in [0.29, 0.717) is 30.0 Å². The van der Waals surface area contributed by atoms with Crippen molar-refractivity contribution < 1.29 is 28.6 Å². The monoisotopic (exact) mass is 413 g/mol. The van der Waals surface area contributed by atoms with Gasteiger partial charge in [0, 0.05) is 5.69 Å². The molecule has 0 aromatic heterocycles. The molecule has 1 amide bonds. The molecule has 0 spiro atoms. The van der Waals surface area contributed by atoms with Gasteiger partial charge in [-0.25, -0.2) is 14.4 Å². The Hall–Kier alpha value is -3.35. The molecule has 0 saturated heterocycles. The molecule has 0 atom stereocenters. The lowest BCUT2D eigenvalue weighted by atomic mass is 10.2. The van der Waals surface area contributed by atoms with Crippen molar-refractivity contribution in [2.24, 2.45) is 0 Å². The van der Waals surface area contributed by atoms with Crippen LogP contribution in [0.25, 0.3) is 0 Å². The van der Waals surface area contributed by atoms with E-state index in [1.807, 2.05) is 13.8 Å². The molecule has 0 aliphatic rings. The molecule has 0 radical (unpaired) electrons. The van der Waals surface area contributed by atoms with E-state index >= 15 is 0 Å². The van der Waals surface area contributed by atoms with Gasteiger partial charge in [0.25, 0.3) is 0 Å². The zero-order chi connectivity index (χ0) is 21.8. The predicted molar refractivity (Wildman–Crippen MR) is 113 cm³/mol. The van der Waals surface area contributed by atoms with Gasteiger partial charge in [-0.2, -0.15) is 0 Å². The van der Waals surface area contributed by atoms with E-state index in [4.69, 9.17) is 14.2 Å². The van der Waals surface area contributed by atoms with Crippen LogP contribution >= 0.6 is 0 Å². The lowest BCUT2D eigenvalue weighted by molar-refractivity contribution is 0.0490. The molecule has 2 rings (SSSR count). The summed E-state index contributed by atoms with van der Waals surface area (Å²) in [6.45, 7) is 4.80. The van der Waals surface area contributed by atoms with Crippen LogP contribution in [0.2, 0.25) is 0 Å². The fourth-order valence-corrected chi connectivity index (χ4v) is 2.38. The van der Waals surface area contributed by atoms with Crippen molar-refractivity contribution in [2.45, 2.75) is 39.5 Å². The summed E-state index contributed by atoms with van der Waals surface area (Å²) in [4.78, 5) is 35.8. The van der Waals surface area contributed by atoms with E-state index in [-0.39, 0.29) is 5.75 Å². The predicted octanol–water partition coefficient (Wildman–Crippen LogP) is 5.21. The molecule has 2 aromatic carbocycles. The maximum absolute atomic E-state index is 12.1. The number of amides is 1. The topological polar surface area (TPSA) is 90.9 Å². The molecule has 1 N–H and O–H groups in total. The quantitative estimate of drug-likeness (QED) is 0.425. The van der Waals surface area contributed by atoms with E-state index in [1.165, 1.54) is 24.3 Å². The maximum atomic E-state index is 12.1. The normalized spacial score (nSPS) is 10.2. The van der Waals surface area contributed by atoms with Gasteiger partial charge >= 0.3 is 18.0 Å². The fraction of sp³-hybridized carbons (Fsp3) is 0.348. The number of unbranched alkanes of at least 4 members (excludes halogenated alkanes) is 2. The van der Waals surface area contributed by atoms with Crippen LogP contribution in [0, 0.1) is 0 Å². The molecule has 0 saturated carbocycles. The fourth-order valence-electron chi connectivity index (χ4n) is 2.38. The lowest BCUT2D eigenvalue weighted by Crippen LogP contribution is -2.17. The minimum atomic E-state index is -0.688. The number of ether oxygens (including phenoxy) is 3. The van der Waals surface area contributed by atoms with Gasteiger partial charge in [-0.15, -0.1) is 0 Å². The van der Waals surface area contributed by atoms with E-state index in [0.717, 1.165) is 25.7 Å². The lowest BCUT2D eigenvalue weighted by Gasteiger charge is -2.08. The Morgan fingerprint density at radius 2 is 1.20 bits per heavy atom. The molecule has 0 aliphatic carbocycles. The minimum Gasteiger partial charge on any atom is -0.462 e. The molecule has 0 fully saturated rings. The van der Waals surface area contributed by atoms with E-state index in [2.05, 4.69) is 5.32 Å². The molecule has 160 valence electrons. The number of carbonyl (C=O) groups excluding carboxylic acids is 3. The number of anilines is 1. The van der Waals surface area contributed by atoms with E-state index in [9.17, 15) is 14.4 Å². The molecule has 0 heterocycles. The highest BCUT2D eigenvalue weighted by Crippen LogP contribution is 2.16. The maximum Gasteiger partial charge on any atom is 0.417 e. The Morgan fingerprint density at radius 3 is 1.67 bits per heavy atom. The first-order chi connectivity index (χ1) is 14.5. The van der Waals surface area contributed by atoms with Gasteiger partial charge in [0.15, 0.2) is 0 Å². The molecule has 0 unspecified atom stereocenters. The van der Waals surface area contributed by atoms with Crippen molar-refractivity contribution in [3.63, 3.8) is 0 Å². The van der Waals surface area contributed by atoms with Gasteiger partial charge in [0.05, 0.1) is 24.3 Å². The smallest absolute Gasteiger partial charge is 0.417 e. The second kappa shape index (κ2) is 12.3. The summed E-state index contributed by atoms with van der Waals surface area (Å²) in [5.74, 6) is -0.521. The molecule has 2 aromatic rings. The van der Waals surface area contributed by atoms with Crippen molar-refractivity contribution in [3.05, 3.63) is 59.7 Å². The van der Waals surface area contributed by atoms with Crippen LogP contribution in [0.1, 0.15) is 60.2 Å². The molecule has 30 heavy (non-hydrogen) atoms. The van der Waals surface area contributed by atoms with E-state index < -0.39 is 18.0 Å². The minimum absolute atomic E-state index is 0.286. The average molecular weight is 413 g/mol. The SMILES string of the molecule is CCCCOC(=O)c1ccc(NC(=O)Oc2ccc(C(=O)OCCCC)cc2)cc1. The van der Waals surface area contributed by atoms with E-state index in [1.54, 1.807) is 24.3 Å². The number of carbonyl (C=O) groups is 3. The van der Waals surface area contributed by atoms with Gasteiger partial charge in [0.2, 0.25) is 0 Å². The number of nitrogens with one attached hydrogen (secondary N) is 1. The standard InChI is InChI=1S/C23H27NO6/c1-3-5-15-28-21(25)17-7-11-19(12-8-17)24-23(27)30-20-13-9-18(10-14-20)22(26)29-16-6-4-2/h7-14H,3-6,15-16H2,1-2H3,(H,24,27). The summed E-state index contributed by atoms with van der Waals surface area (Å²) in [5.41, 5.74) is 1.27. The summed E-state index contributed by atoms with van der Waals surface area (Å²) >= 11 is 0. The molecule has 0 bridgehead atoms. The van der Waals surface area contributed by atoms with Crippen LogP contribution in [-0.2, 0) is 9.47 Å². The van der Waals surface area contributed by atoms with Crippen molar-refractivity contribution >= 4 is 23.7 Å². The summed E-state index contributed by atoms with van der Waals surface area (Å²) in [6, 6.07) is 12.4. The van der Waals surface area contributed by atoms with Gasteiger partial charge in [-0.3, -0.25) is 5.32 Å². The van der Waals surface area contributed by atoms with Crippen molar-refractivity contribution in [2.75, 3.05) is 18.5 Å². The highest BCUT2D eigenvalue weighted by Gasteiger charge is 2.11. The summed E-state index contributed by atoms with van der Waals surface area (Å²) < 4.78 is 15.5. The Balaban J connectivity index is 1.83. The first kappa shape index (κ1) is 22.9. The number of esters is 2. The summed E-state index contributed by atoms with van der Waals surface area (Å²) in [7, 11) is 0. The van der Waals surface area contributed by atoms with Crippen LogP contribution in [0.5, 0.6) is 5.75 Å². The molecule has 0 aliphatic heterocycles. The number of hydrogen-bond acceptors (Lipinski definition) is 6. The summed E-state index contributed by atoms with van der Waals surface area (Å²) in [5, 5.41) is 2.58. The molecular weight excluding hydrogens is 386 g/mol. The number of rotatable bonds is 10. The third-order valence-corrected chi connectivity index (χ3v) is 4.13. The first-order valence-electron chi connectivity index (χ1n) is 10.1. The second-order valence-electron chi connectivity index (χ2n) is 6.60. The highest BCUT2D eigenvalue weighted by molar-refractivity contribution is 5.92. The van der Waals surface area contributed by atoms with Gasteiger partial charge < -0.3 is 14.2 Å². The van der Waals surface area contributed by atoms with Crippen LogP contribution in [-0.4, -0.2) is 31.2 Å². The Bertz CT molecular complexity index is 760. The Morgan fingerprint density at radius 1 is 0.733 bits per heavy atom. The van der Waals surface area contributed by atoms with Gasteiger partial charge in [-0.1, -0.05) is 26.7 Å². The number of benzene rings is 2. The van der Waals surface area contributed by atoms with Crippen molar-refractivity contribution in [1.82, 2.24) is 0 Å².